The number of pyridine rings is 1. The third kappa shape index (κ3) is 8.68. The minimum atomic E-state index is -0.450. The van der Waals surface area contributed by atoms with Crippen LogP contribution in [0.1, 0.15) is 33.2 Å². The summed E-state index contributed by atoms with van der Waals surface area (Å²) in [7, 11) is 0. The second kappa shape index (κ2) is 20.5. The fourth-order valence-electron chi connectivity index (χ4n) is 11.8. The number of rotatable bonds is 8. The molecule has 1 aliphatic heterocycles. The van der Waals surface area contributed by atoms with Gasteiger partial charge < -0.3 is 13.9 Å². The van der Waals surface area contributed by atoms with E-state index in [1.54, 1.807) is 0 Å². The van der Waals surface area contributed by atoms with Crippen LogP contribution in [0.5, 0.6) is 11.5 Å². The summed E-state index contributed by atoms with van der Waals surface area (Å²) >= 11 is 0. The van der Waals surface area contributed by atoms with E-state index in [4.69, 9.17) is 13.8 Å². The quantitative estimate of drug-likeness (QED) is 0.112. The molecule has 0 fully saturated rings. The van der Waals surface area contributed by atoms with Crippen molar-refractivity contribution in [3.63, 3.8) is 0 Å². The fraction of sp³-hybridized carbons (Fsp3) is 0.0526. The third-order valence-electron chi connectivity index (χ3n) is 15.6. The molecule has 0 saturated heterocycles. The molecule has 0 atom stereocenters. The molecule has 0 amide bonds. The van der Waals surface area contributed by atoms with Crippen molar-refractivity contribution >= 4 is 32.8 Å². The Hall–Kier alpha value is -9.67. The number of ether oxygens (including phenoxy) is 1. The zero-order valence-electron chi connectivity index (χ0n) is 50.0. The Morgan fingerprint density at radius 2 is 1.07 bits per heavy atom. The second-order valence-corrected chi connectivity index (χ2v) is 21.5. The van der Waals surface area contributed by atoms with Crippen molar-refractivity contribution in [3.8, 4) is 107 Å². The van der Waals surface area contributed by atoms with Gasteiger partial charge in [-0.1, -0.05) is 214 Å². The van der Waals surface area contributed by atoms with Gasteiger partial charge >= 0.3 is 0 Å². The maximum atomic E-state index is 9.46. The van der Waals surface area contributed by atoms with Crippen LogP contribution in [0.15, 0.2) is 261 Å². The monoisotopic (exact) mass is 1240 g/mol. The first-order valence-electron chi connectivity index (χ1n) is 29.7. The zero-order valence-corrected chi connectivity index (χ0v) is 47.2. The number of hydrogen-bond acceptors (Lipinski definition) is 2. The average Bonchev–Trinajstić information content (AvgIpc) is 1.70. The molecule has 14 aromatic rings. The van der Waals surface area contributed by atoms with E-state index in [-0.39, 0.29) is 44.1 Å². The molecule has 11 aromatic carbocycles. The number of imidazole rings is 1. The second-order valence-electron chi connectivity index (χ2n) is 21.5. The van der Waals surface area contributed by atoms with Crippen molar-refractivity contribution in [1.29, 1.82) is 0 Å². The number of nitrogens with zero attached hydrogens (tertiary/aromatic N) is 4. The normalized spacial score (nSPS) is 12.6. The minimum Gasteiger partial charge on any atom is -0.510 e. The molecule has 0 spiro atoms. The molecule has 4 heterocycles. The van der Waals surface area contributed by atoms with Gasteiger partial charge in [-0.25, -0.2) is 4.98 Å². The van der Waals surface area contributed by atoms with Crippen LogP contribution in [0.3, 0.4) is 0 Å². The van der Waals surface area contributed by atoms with E-state index in [1.165, 1.54) is 5.56 Å². The molecule has 82 heavy (non-hydrogen) atoms. The number of hydrogen-bond donors (Lipinski definition) is 0. The van der Waals surface area contributed by atoms with Crippen molar-refractivity contribution in [2.45, 2.75) is 26.2 Å². The average molecular weight is 1240 g/mol. The Balaban J connectivity index is 0.00000667. The van der Waals surface area contributed by atoms with Crippen LogP contribution < -0.4 is 9.30 Å². The van der Waals surface area contributed by atoms with Crippen molar-refractivity contribution in [3.05, 3.63) is 285 Å². The Morgan fingerprint density at radius 1 is 0.476 bits per heavy atom. The zero-order chi connectivity index (χ0) is 58.5. The van der Waals surface area contributed by atoms with Gasteiger partial charge in [-0.2, -0.15) is 18.2 Å². The first-order chi connectivity index (χ1) is 41.9. The van der Waals surface area contributed by atoms with Crippen LogP contribution in [0.2, 0.25) is 0 Å². The molecule has 0 radical (unpaired) electrons. The summed E-state index contributed by atoms with van der Waals surface area (Å²) in [5.41, 5.74) is 17.8. The van der Waals surface area contributed by atoms with E-state index >= 15 is 0 Å². The van der Waals surface area contributed by atoms with Crippen molar-refractivity contribution in [2.24, 2.45) is 0 Å². The van der Waals surface area contributed by atoms with E-state index in [2.05, 4.69) is 206 Å². The summed E-state index contributed by atoms with van der Waals surface area (Å²) < 4.78 is 58.6. The van der Waals surface area contributed by atoms with Crippen LogP contribution in [-0.2, 0) is 26.5 Å². The predicted molar refractivity (Wildman–Crippen MR) is 330 cm³/mol. The van der Waals surface area contributed by atoms with Gasteiger partial charge in [0.05, 0.1) is 23.6 Å². The fourth-order valence-corrected chi connectivity index (χ4v) is 11.8. The Kier molecular flexibility index (Phi) is 11.3. The number of aromatic nitrogens is 4. The largest absolute Gasteiger partial charge is 0.510 e. The Morgan fingerprint density at radius 3 is 1.83 bits per heavy atom. The summed E-state index contributed by atoms with van der Waals surface area (Å²) in [6.45, 7) is 6.62. The van der Waals surface area contributed by atoms with E-state index in [1.807, 2.05) is 77.5 Å². The molecule has 1 aliphatic rings. The Bertz CT molecular complexity index is 5000. The van der Waals surface area contributed by atoms with Gasteiger partial charge in [0.15, 0.2) is 0 Å². The van der Waals surface area contributed by atoms with Crippen molar-refractivity contribution in [2.75, 3.05) is 0 Å². The van der Waals surface area contributed by atoms with Gasteiger partial charge in [0.25, 0.3) is 6.33 Å². The van der Waals surface area contributed by atoms with Crippen LogP contribution in [0.4, 0.5) is 0 Å². The van der Waals surface area contributed by atoms with Gasteiger partial charge in [0.1, 0.15) is 5.82 Å². The van der Waals surface area contributed by atoms with Crippen LogP contribution >= 0.6 is 0 Å². The Labute approximate surface area is 499 Å². The molecule has 0 aliphatic carbocycles. The predicted octanol–water partition coefficient (Wildman–Crippen LogP) is 18.9. The number of fused-ring (bicyclic) bond motifs is 10. The molecule has 15 rings (SSSR count). The van der Waals surface area contributed by atoms with Crippen LogP contribution in [0.25, 0.3) is 128 Å². The molecule has 6 heteroatoms. The molecule has 0 saturated carbocycles. The van der Waals surface area contributed by atoms with E-state index in [0.717, 1.165) is 106 Å². The number of benzene rings is 11. The van der Waals surface area contributed by atoms with Crippen molar-refractivity contribution in [1.82, 2.24) is 14.1 Å². The molecule has 0 N–H and O–H groups in total. The SMILES string of the molecule is [2H]c1c([2H])c([2H])c(-c2cccc3c2-c2cccc(-c4cc(-c5ccccc5)cc(-c5ccccc5)c4)c2-[n+]2[c-]n(-c4[c-]c(Oc5[c-]c6c(cc5)c5ccccc5n6-c5cc(C(C)(C)C)ccn5)ccc4)c4cccc(c42)-c2ccccc2-3)c([2H])c1[2H].[Pt]. The maximum absolute atomic E-state index is 9.46. The molecule has 394 valence electrons. The van der Waals surface area contributed by atoms with E-state index < -0.39 is 18.1 Å². The van der Waals surface area contributed by atoms with Crippen LogP contribution in [-0.4, -0.2) is 14.1 Å². The first kappa shape index (κ1) is 45.1. The van der Waals surface area contributed by atoms with Gasteiger partial charge in [0.2, 0.25) is 0 Å². The number of para-hydroxylation sites is 3. The first-order valence-corrected chi connectivity index (χ1v) is 27.2. The van der Waals surface area contributed by atoms with Gasteiger partial charge in [-0.15, -0.1) is 29.7 Å². The smallest absolute Gasteiger partial charge is 0.268 e. The molecular formula is C76H52N4OPt-2. The summed E-state index contributed by atoms with van der Waals surface area (Å²) in [5, 5.41) is 2.12. The molecule has 3 aromatic heterocycles. The minimum absolute atomic E-state index is 0. The van der Waals surface area contributed by atoms with E-state index in [0.29, 0.717) is 28.3 Å². The summed E-state index contributed by atoms with van der Waals surface area (Å²) in [6, 6.07) is 82.3. The molecule has 0 unspecified atom stereocenters. The maximum Gasteiger partial charge on any atom is 0.268 e. The van der Waals surface area contributed by atoms with Crippen LogP contribution in [0, 0.1) is 18.5 Å². The van der Waals surface area contributed by atoms with E-state index in [9.17, 15) is 2.74 Å². The topological polar surface area (TPSA) is 35.9 Å². The molecular weight excluding hydrogens is 1180 g/mol. The standard InChI is InChI=1S/C76H52N4O.Pt/c1-76(2,3)56-41-42-77-72(46-56)80-69-37-16-15-31-64(69)65-40-39-59(48-71(65)80)81-58-28-17-27-57(47-58)78-49-79-74-61(55-44-53(50-21-7-4-8-22-50)43-54(45-55)51-23-9-5-10-24-51)33-19-36-68(74)73-60(52-25-11-6-12-26-52)32-18-34-66(73)62-29-13-14-30-63(62)67-35-20-38-70(78)75(67)79;/h4-46H,1-3H3;/q-2;/i6D,11D,12D,25D,26D;. The molecule has 0 bridgehead atoms. The third-order valence-corrected chi connectivity index (χ3v) is 15.6. The molecule has 5 nitrogen and oxygen atoms in total. The summed E-state index contributed by atoms with van der Waals surface area (Å²) in [4.78, 5) is 4.90. The van der Waals surface area contributed by atoms with Gasteiger partial charge in [-0.3, -0.25) is 4.57 Å². The summed E-state index contributed by atoms with van der Waals surface area (Å²) in [6.07, 6.45) is 5.79. The van der Waals surface area contributed by atoms with Gasteiger partial charge in [0, 0.05) is 44.3 Å². The summed E-state index contributed by atoms with van der Waals surface area (Å²) in [5.74, 6) is 1.79. The van der Waals surface area contributed by atoms with Crippen molar-refractivity contribution < 1.29 is 37.2 Å². The van der Waals surface area contributed by atoms with Gasteiger partial charge in [-0.05, 0) is 136 Å².